The number of halogens is 3. The Balaban J connectivity index is 2.49. The van der Waals surface area contributed by atoms with Crippen LogP contribution in [0.2, 0.25) is 0 Å². The zero-order chi connectivity index (χ0) is 14.7. The molecule has 0 aromatic heterocycles. The van der Waals surface area contributed by atoms with Gasteiger partial charge in [0.1, 0.15) is 5.75 Å². The lowest BCUT2D eigenvalue weighted by atomic mass is 9.98. The molecule has 106 valence electrons. The van der Waals surface area contributed by atoms with Crippen LogP contribution in [0.25, 0.3) is 0 Å². The second-order valence-corrected chi connectivity index (χ2v) is 5.15. The van der Waals surface area contributed by atoms with Gasteiger partial charge in [0.15, 0.2) is 11.6 Å². The maximum Gasteiger partial charge on any atom is 0.163 e. The molecule has 0 heterocycles. The first-order valence-corrected chi connectivity index (χ1v) is 6.95. The second kappa shape index (κ2) is 6.33. The first-order chi connectivity index (χ1) is 9.54. The van der Waals surface area contributed by atoms with Crippen LogP contribution in [0.5, 0.6) is 5.75 Å². The van der Waals surface area contributed by atoms with E-state index in [1.807, 2.05) is 13.0 Å². The van der Waals surface area contributed by atoms with Crippen LogP contribution in [-0.2, 0) is 0 Å². The van der Waals surface area contributed by atoms with Crippen LogP contribution in [0.15, 0.2) is 40.9 Å². The van der Waals surface area contributed by atoms with E-state index in [1.54, 1.807) is 12.1 Å². The van der Waals surface area contributed by atoms with Crippen molar-refractivity contribution in [2.45, 2.75) is 13.0 Å². The number of hydrogen-bond donors (Lipinski definition) is 1. The average molecular weight is 342 g/mol. The largest absolute Gasteiger partial charge is 0.494 e. The van der Waals surface area contributed by atoms with Crippen LogP contribution >= 0.6 is 15.9 Å². The lowest BCUT2D eigenvalue weighted by Crippen LogP contribution is -2.16. The van der Waals surface area contributed by atoms with Gasteiger partial charge >= 0.3 is 0 Å². The molecule has 0 aliphatic rings. The molecule has 1 atom stereocenters. The van der Waals surface area contributed by atoms with Crippen molar-refractivity contribution in [3.63, 3.8) is 0 Å². The van der Waals surface area contributed by atoms with Gasteiger partial charge in [-0.25, -0.2) is 8.78 Å². The summed E-state index contributed by atoms with van der Waals surface area (Å²) in [5.74, 6) is -1.28. The number of rotatable bonds is 4. The zero-order valence-corrected chi connectivity index (χ0v) is 12.5. The molecule has 2 aromatic rings. The van der Waals surface area contributed by atoms with Crippen molar-refractivity contribution < 1.29 is 13.5 Å². The predicted molar refractivity (Wildman–Crippen MR) is 77.7 cm³/mol. The molecule has 0 saturated heterocycles. The van der Waals surface area contributed by atoms with Crippen LogP contribution in [-0.4, -0.2) is 6.61 Å². The first-order valence-electron chi connectivity index (χ1n) is 6.16. The van der Waals surface area contributed by atoms with Crippen molar-refractivity contribution in [1.29, 1.82) is 0 Å². The van der Waals surface area contributed by atoms with Gasteiger partial charge in [-0.15, -0.1) is 0 Å². The van der Waals surface area contributed by atoms with E-state index in [9.17, 15) is 8.78 Å². The molecule has 0 aliphatic carbocycles. The van der Waals surface area contributed by atoms with Gasteiger partial charge in [0, 0.05) is 15.6 Å². The summed E-state index contributed by atoms with van der Waals surface area (Å²) in [6, 6.07) is 8.48. The highest BCUT2D eigenvalue weighted by molar-refractivity contribution is 9.10. The second-order valence-electron chi connectivity index (χ2n) is 4.24. The molecule has 0 spiro atoms. The van der Waals surface area contributed by atoms with E-state index in [1.165, 1.54) is 12.1 Å². The Kier molecular flexibility index (Phi) is 4.73. The molecule has 5 heteroatoms. The monoisotopic (exact) mass is 341 g/mol. The molecule has 2 nitrogen and oxygen atoms in total. The third kappa shape index (κ3) is 2.99. The Bertz CT molecular complexity index is 619. The van der Waals surface area contributed by atoms with Crippen LogP contribution in [0.1, 0.15) is 24.1 Å². The topological polar surface area (TPSA) is 35.2 Å². The van der Waals surface area contributed by atoms with E-state index in [2.05, 4.69) is 15.9 Å². The summed E-state index contributed by atoms with van der Waals surface area (Å²) in [6.07, 6.45) is 0. The van der Waals surface area contributed by atoms with Gasteiger partial charge in [-0.1, -0.05) is 28.1 Å². The van der Waals surface area contributed by atoms with Crippen molar-refractivity contribution in [2.75, 3.05) is 6.61 Å². The average Bonchev–Trinajstić information content (AvgIpc) is 2.43. The first kappa shape index (κ1) is 14.9. The molecule has 20 heavy (non-hydrogen) atoms. The summed E-state index contributed by atoms with van der Waals surface area (Å²) < 4.78 is 33.4. The van der Waals surface area contributed by atoms with Gasteiger partial charge < -0.3 is 10.5 Å². The predicted octanol–water partition coefficient (Wildman–Crippen LogP) is 4.17. The summed E-state index contributed by atoms with van der Waals surface area (Å²) in [5.41, 5.74) is 6.78. The van der Waals surface area contributed by atoms with Crippen LogP contribution in [0, 0.1) is 11.6 Å². The lowest BCUT2D eigenvalue weighted by molar-refractivity contribution is 0.335. The Morgan fingerprint density at radius 1 is 1.20 bits per heavy atom. The van der Waals surface area contributed by atoms with Crippen molar-refractivity contribution >= 4 is 15.9 Å². The van der Waals surface area contributed by atoms with Gasteiger partial charge in [-0.2, -0.15) is 0 Å². The third-order valence-electron chi connectivity index (χ3n) is 2.92. The highest BCUT2D eigenvalue weighted by Gasteiger charge is 2.20. The van der Waals surface area contributed by atoms with Crippen molar-refractivity contribution in [2.24, 2.45) is 5.73 Å². The Labute approximate surface area is 124 Å². The molecule has 0 bridgehead atoms. The van der Waals surface area contributed by atoms with Crippen molar-refractivity contribution in [3.8, 4) is 5.75 Å². The fourth-order valence-corrected chi connectivity index (χ4v) is 2.36. The van der Waals surface area contributed by atoms with Gasteiger partial charge in [0.2, 0.25) is 0 Å². The minimum atomic E-state index is -0.928. The van der Waals surface area contributed by atoms with Gasteiger partial charge in [0.05, 0.1) is 12.6 Å². The molecule has 0 radical (unpaired) electrons. The standard InChI is InChI=1S/C15H14BrF2NO/c1-2-20-13-7-6-9(16)8-11(13)15(19)10-4-3-5-12(17)14(10)18/h3-8,15H,2,19H2,1H3. The third-order valence-corrected chi connectivity index (χ3v) is 3.42. The Morgan fingerprint density at radius 2 is 1.95 bits per heavy atom. The smallest absolute Gasteiger partial charge is 0.163 e. The number of hydrogen-bond acceptors (Lipinski definition) is 2. The van der Waals surface area contributed by atoms with E-state index in [0.717, 1.165) is 10.5 Å². The molecule has 1 unspecified atom stereocenters. The van der Waals surface area contributed by atoms with Gasteiger partial charge in [0.25, 0.3) is 0 Å². The SMILES string of the molecule is CCOc1ccc(Br)cc1C(N)c1cccc(F)c1F. The Morgan fingerprint density at radius 3 is 2.65 bits per heavy atom. The molecule has 0 saturated carbocycles. The molecule has 2 aromatic carbocycles. The van der Waals surface area contributed by atoms with E-state index >= 15 is 0 Å². The summed E-state index contributed by atoms with van der Waals surface area (Å²) in [6.45, 7) is 2.31. The van der Waals surface area contributed by atoms with E-state index in [4.69, 9.17) is 10.5 Å². The molecule has 2 rings (SSSR count). The number of nitrogens with two attached hydrogens (primary N) is 1. The zero-order valence-electron chi connectivity index (χ0n) is 10.9. The van der Waals surface area contributed by atoms with Crippen molar-refractivity contribution in [1.82, 2.24) is 0 Å². The molecular weight excluding hydrogens is 328 g/mol. The summed E-state index contributed by atoms with van der Waals surface area (Å²) in [4.78, 5) is 0. The summed E-state index contributed by atoms with van der Waals surface area (Å²) in [7, 11) is 0. The van der Waals surface area contributed by atoms with Gasteiger partial charge in [-0.05, 0) is 31.2 Å². The fourth-order valence-electron chi connectivity index (χ4n) is 1.98. The van der Waals surface area contributed by atoms with Gasteiger partial charge in [-0.3, -0.25) is 0 Å². The van der Waals surface area contributed by atoms with E-state index < -0.39 is 17.7 Å². The minimum Gasteiger partial charge on any atom is -0.494 e. The molecular formula is C15H14BrF2NO. The molecule has 0 amide bonds. The molecule has 0 fully saturated rings. The normalized spacial score (nSPS) is 12.2. The number of benzene rings is 2. The highest BCUT2D eigenvalue weighted by Crippen LogP contribution is 2.32. The van der Waals surface area contributed by atoms with Crippen LogP contribution in [0.4, 0.5) is 8.78 Å². The van der Waals surface area contributed by atoms with Crippen LogP contribution in [0.3, 0.4) is 0 Å². The van der Waals surface area contributed by atoms with E-state index in [0.29, 0.717) is 17.9 Å². The fraction of sp³-hybridized carbons (Fsp3) is 0.200. The quantitative estimate of drug-likeness (QED) is 0.905. The molecule has 2 N–H and O–H groups in total. The number of ether oxygens (including phenoxy) is 1. The minimum absolute atomic E-state index is 0.101. The summed E-state index contributed by atoms with van der Waals surface area (Å²) >= 11 is 3.34. The van der Waals surface area contributed by atoms with E-state index in [-0.39, 0.29) is 5.56 Å². The maximum absolute atomic E-state index is 13.8. The van der Waals surface area contributed by atoms with Crippen molar-refractivity contribution in [3.05, 3.63) is 63.6 Å². The van der Waals surface area contributed by atoms with Crippen LogP contribution < -0.4 is 10.5 Å². The maximum atomic E-state index is 13.8. The Hall–Kier alpha value is -1.46. The summed E-state index contributed by atoms with van der Waals surface area (Å²) in [5, 5.41) is 0. The molecule has 0 aliphatic heterocycles. The lowest BCUT2D eigenvalue weighted by Gasteiger charge is -2.18. The highest BCUT2D eigenvalue weighted by atomic mass is 79.9.